The fourth-order valence-electron chi connectivity index (χ4n) is 3.11. The van der Waals surface area contributed by atoms with E-state index in [9.17, 15) is 4.79 Å². The van der Waals surface area contributed by atoms with Gasteiger partial charge in [0, 0.05) is 18.3 Å². The summed E-state index contributed by atoms with van der Waals surface area (Å²) in [7, 11) is 0. The van der Waals surface area contributed by atoms with Crippen molar-refractivity contribution in [3.8, 4) is 0 Å². The lowest BCUT2D eigenvalue weighted by Gasteiger charge is -2.35. The van der Waals surface area contributed by atoms with Crippen LogP contribution in [0.2, 0.25) is 0 Å². The fraction of sp³-hybridized carbons (Fsp3) is 0.588. The Hall–Kier alpha value is -1.51. The zero-order chi connectivity index (χ0) is 14.5. The van der Waals surface area contributed by atoms with Crippen LogP contribution in [0.5, 0.6) is 0 Å². The van der Waals surface area contributed by atoms with E-state index in [0.717, 1.165) is 31.5 Å². The average Bonchev–Trinajstić information content (AvgIpc) is 2.43. The van der Waals surface area contributed by atoms with Crippen LogP contribution in [0.25, 0.3) is 0 Å². The van der Waals surface area contributed by atoms with Gasteiger partial charge in [0.1, 0.15) is 0 Å². The normalized spacial score (nSPS) is 18.9. The van der Waals surface area contributed by atoms with Gasteiger partial charge in [0.15, 0.2) is 0 Å². The monoisotopic (exact) mass is 274 g/mol. The number of nitrogens with one attached hydrogen (secondary N) is 1. The molecule has 1 unspecified atom stereocenters. The summed E-state index contributed by atoms with van der Waals surface area (Å²) in [5, 5.41) is 3.28. The van der Waals surface area contributed by atoms with Crippen molar-refractivity contribution < 1.29 is 4.79 Å². The van der Waals surface area contributed by atoms with Crippen molar-refractivity contribution in [2.45, 2.75) is 52.5 Å². The van der Waals surface area contributed by atoms with Gasteiger partial charge in [-0.05, 0) is 62.8 Å². The maximum Gasteiger partial charge on any atom is 0.242 e. The Morgan fingerprint density at radius 3 is 2.60 bits per heavy atom. The number of anilines is 1. The summed E-state index contributed by atoms with van der Waals surface area (Å²) in [5.74, 6) is 0.232. The summed E-state index contributed by atoms with van der Waals surface area (Å²) in [4.78, 5) is 14.4. The quantitative estimate of drug-likeness (QED) is 0.911. The third-order valence-corrected chi connectivity index (χ3v) is 4.08. The first kappa shape index (κ1) is 14.9. The zero-order valence-electron chi connectivity index (χ0n) is 12.9. The van der Waals surface area contributed by atoms with Gasteiger partial charge in [-0.15, -0.1) is 0 Å². The number of carbonyl (C=O) groups excluding carboxylic acids is 1. The van der Waals surface area contributed by atoms with Crippen LogP contribution in [0.4, 0.5) is 5.69 Å². The predicted octanol–water partition coefficient (Wildman–Crippen LogP) is 3.51. The lowest BCUT2D eigenvalue weighted by molar-refractivity contribution is -0.133. The molecule has 3 nitrogen and oxygen atoms in total. The van der Waals surface area contributed by atoms with Crippen molar-refractivity contribution in [2.75, 3.05) is 18.4 Å². The second kappa shape index (κ2) is 6.78. The minimum atomic E-state index is 0.232. The number of piperidine rings is 1. The van der Waals surface area contributed by atoms with Crippen LogP contribution in [0.3, 0.4) is 0 Å². The van der Waals surface area contributed by atoms with E-state index >= 15 is 0 Å². The van der Waals surface area contributed by atoms with Crippen molar-refractivity contribution in [3.63, 3.8) is 0 Å². The molecule has 0 aliphatic carbocycles. The molecule has 0 saturated carbocycles. The van der Waals surface area contributed by atoms with Gasteiger partial charge in [0.2, 0.25) is 5.91 Å². The number of rotatable bonds is 4. The molecule has 3 heteroatoms. The number of nitrogens with zero attached hydrogens (tertiary/aromatic N) is 1. The molecule has 2 rings (SSSR count). The van der Waals surface area contributed by atoms with Crippen LogP contribution in [0.1, 0.15) is 43.7 Å². The summed E-state index contributed by atoms with van der Waals surface area (Å²) in [6, 6.07) is 6.77. The van der Waals surface area contributed by atoms with Gasteiger partial charge in [0.25, 0.3) is 0 Å². The Morgan fingerprint density at radius 1 is 1.25 bits per heavy atom. The van der Waals surface area contributed by atoms with E-state index in [2.05, 4.69) is 49.2 Å². The van der Waals surface area contributed by atoms with E-state index in [0.29, 0.717) is 12.6 Å². The van der Waals surface area contributed by atoms with E-state index < -0.39 is 0 Å². The van der Waals surface area contributed by atoms with Crippen molar-refractivity contribution in [1.82, 2.24) is 4.90 Å². The summed E-state index contributed by atoms with van der Waals surface area (Å²) in [5.41, 5.74) is 3.50. The topological polar surface area (TPSA) is 32.3 Å². The Bertz CT molecular complexity index is 450. The average molecular weight is 274 g/mol. The molecule has 0 spiro atoms. The van der Waals surface area contributed by atoms with Gasteiger partial charge in [-0.3, -0.25) is 4.79 Å². The van der Waals surface area contributed by atoms with Crippen LogP contribution < -0.4 is 5.32 Å². The number of hydrogen-bond donors (Lipinski definition) is 1. The van der Waals surface area contributed by atoms with Crippen molar-refractivity contribution in [2.24, 2.45) is 0 Å². The first-order valence-corrected chi connectivity index (χ1v) is 7.71. The third-order valence-electron chi connectivity index (χ3n) is 4.08. The Morgan fingerprint density at radius 2 is 1.95 bits per heavy atom. The number of amides is 1. The third kappa shape index (κ3) is 3.75. The molecule has 1 atom stereocenters. The molecule has 1 N–H and O–H groups in total. The minimum absolute atomic E-state index is 0.232. The molecule has 1 amide bonds. The lowest BCUT2D eigenvalue weighted by Crippen LogP contribution is -2.45. The molecule has 0 radical (unpaired) electrons. The Balaban J connectivity index is 1.94. The number of hydrogen-bond acceptors (Lipinski definition) is 2. The van der Waals surface area contributed by atoms with Gasteiger partial charge in [-0.25, -0.2) is 0 Å². The first-order valence-electron chi connectivity index (χ1n) is 7.71. The second-order valence-corrected chi connectivity index (χ2v) is 5.87. The van der Waals surface area contributed by atoms with Gasteiger partial charge < -0.3 is 10.2 Å². The largest absolute Gasteiger partial charge is 0.376 e. The molecule has 1 aliphatic heterocycles. The molecule has 20 heavy (non-hydrogen) atoms. The van der Waals surface area contributed by atoms with Crippen molar-refractivity contribution in [1.29, 1.82) is 0 Å². The molecule has 1 fully saturated rings. The fourth-order valence-corrected chi connectivity index (χ4v) is 3.11. The van der Waals surface area contributed by atoms with Crippen LogP contribution in [-0.2, 0) is 4.79 Å². The maximum absolute atomic E-state index is 12.4. The highest BCUT2D eigenvalue weighted by Crippen LogP contribution is 2.20. The molecule has 110 valence electrons. The Kier molecular flexibility index (Phi) is 5.05. The van der Waals surface area contributed by atoms with Gasteiger partial charge >= 0.3 is 0 Å². The van der Waals surface area contributed by atoms with Crippen LogP contribution in [0, 0.1) is 13.8 Å². The highest BCUT2D eigenvalue weighted by atomic mass is 16.2. The lowest BCUT2D eigenvalue weighted by atomic mass is 10.00. The summed E-state index contributed by atoms with van der Waals surface area (Å²) < 4.78 is 0. The molecule has 1 aliphatic rings. The smallest absolute Gasteiger partial charge is 0.242 e. The SMILES string of the molecule is CCC1CCCCN1C(=O)CNc1cc(C)cc(C)c1. The van der Waals surface area contributed by atoms with E-state index in [1.54, 1.807) is 0 Å². The molecule has 1 heterocycles. The van der Waals surface area contributed by atoms with Crippen molar-refractivity contribution >= 4 is 11.6 Å². The Labute approximate surface area is 122 Å². The summed E-state index contributed by atoms with van der Waals surface area (Å²) in [6.45, 7) is 7.66. The molecular weight excluding hydrogens is 248 g/mol. The number of benzene rings is 1. The van der Waals surface area contributed by atoms with Gasteiger partial charge in [-0.2, -0.15) is 0 Å². The van der Waals surface area contributed by atoms with E-state index in [4.69, 9.17) is 0 Å². The molecule has 0 aromatic heterocycles. The van der Waals surface area contributed by atoms with E-state index in [-0.39, 0.29) is 5.91 Å². The molecule has 1 saturated heterocycles. The van der Waals surface area contributed by atoms with Crippen LogP contribution in [-0.4, -0.2) is 29.9 Å². The number of aryl methyl sites for hydroxylation is 2. The summed E-state index contributed by atoms with van der Waals surface area (Å²) >= 11 is 0. The molecule has 0 bridgehead atoms. The molecule has 1 aromatic rings. The number of carbonyl (C=O) groups is 1. The molecule has 1 aromatic carbocycles. The standard InChI is InChI=1S/C17H26N2O/c1-4-16-7-5-6-8-19(16)17(20)12-18-15-10-13(2)9-14(3)11-15/h9-11,16,18H,4-8,12H2,1-3H3. The number of likely N-dealkylation sites (tertiary alicyclic amines) is 1. The van der Waals surface area contributed by atoms with Gasteiger partial charge in [-0.1, -0.05) is 13.0 Å². The van der Waals surface area contributed by atoms with E-state index in [1.807, 2.05) is 0 Å². The highest BCUT2D eigenvalue weighted by Gasteiger charge is 2.24. The second-order valence-electron chi connectivity index (χ2n) is 5.87. The van der Waals surface area contributed by atoms with Crippen molar-refractivity contribution in [3.05, 3.63) is 29.3 Å². The predicted molar refractivity (Wildman–Crippen MR) is 84.0 cm³/mol. The maximum atomic E-state index is 12.4. The van der Waals surface area contributed by atoms with E-state index in [1.165, 1.54) is 17.5 Å². The van der Waals surface area contributed by atoms with Crippen LogP contribution >= 0.6 is 0 Å². The van der Waals surface area contributed by atoms with Gasteiger partial charge in [0.05, 0.1) is 6.54 Å². The highest BCUT2D eigenvalue weighted by molar-refractivity contribution is 5.81. The zero-order valence-corrected chi connectivity index (χ0v) is 12.9. The molecular formula is C17H26N2O. The summed E-state index contributed by atoms with van der Waals surface area (Å²) in [6.07, 6.45) is 4.62. The minimum Gasteiger partial charge on any atom is -0.376 e. The van der Waals surface area contributed by atoms with Crippen LogP contribution in [0.15, 0.2) is 18.2 Å². The first-order chi connectivity index (χ1) is 9.60.